The van der Waals surface area contributed by atoms with Gasteiger partial charge in [0.15, 0.2) is 0 Å². The molecule has 0 aliphatic rings. The average molecular weight is 248 g/mol. The summed E-state index contributed by atoms with van der Waals surface area (Å²) < 4.78 is 0. The quantitative estimate of drug-likeness (QED) is 0.779. The standard InChI is InChI=1S/C15H24N2O/c1-3-12(4-2)11-17-15(18)10-14(16)13-8-6-5-7-9-13/h5-9,12,14H,3-4,10-11,16H2,1-2H3,(H,17,18). The van der Waals surface area contributed by atoms with Crippen LogP contribution in [0.25, 0.3) is 0 Å². The van der Waals surface area contributed by atoms with Crippen LogP contribution in [-0.4, -0.2) is 12.5 Å². The average Bonchev–Trinajstić information content (AvgIpc) is 2.41. The lowest BCUT2D eigenvalue weighted by molar-refractivity contribution is -0.121. The van der Waals surface area contributed by atoms with Crippen LogP contribution in [0.5, 0.6) is 0 Å². The second kappa shape index (κ2) is 7.88. The zero-order valence-corrected chi connectivity index (χ0v) is 11.4. The first-order valence-electron chi connectivity index (χ1n) is 6.74. The molecule has 18 heavy (non-hydrogen) atoms. The molecule has 0 saturated heterocycles. The van der Waals surface area contributed by atoms with Gasteiger partial charge in [0.1, 0.15) is 0 Å². The highest BCUT2D eigenvalue weighted by Crippen LogP contribution is 2.13. The van der Waals surface area contributed by atoms with Crippen LogP contribution < -0.4 is 11.1 Å². The van der Waals surface area contributed by atoms with E-state index in [4.69, 9.17) is 5.73 Å². The third kappa shape index (κ3) is 4.88. The molecule has 0 aromatic heterocycles. The van der Waals surface area contributed by atoms with Gasteiger partial charge in [-0.15, -0.1) is 0 Å². The minimum absolute atomic E-state index is 0.0400. The van der Waals surface area contributed by atoms with E-state index < -0.39 is 0 Å². The Labute approximate surface area is 110 Å². The molecule has 0 fully saturated rings. The van der Waals surface area contributed by atoms with Crippen LogP contribution in [0.15, 0.2) is 30.3 Å². The van der Waals surface area contributed by atoms with E-state index in [1.165, 1.54) is 0 Å². The Bertz CT molecular complexity index is 347. The van der Waals surface area contributed by atoms with Gasteiger partial charge in [-0.25, -0.2) is 0 Å². The summed E-state index contributed by atoms with van der Waals surface area (Å²) in [5.74, 6) is 0.611. The lowest BCUT2D eigenvalue weighted by atomic mass is 10.0. The van der Waals surface area contributed by atoms with Crippen molar-refractivity contribution in [2.45, 2.75) is 39.2 Å². The molecule has 1 rings (SSSR count). The van der Waals surface area contributed by atoms with Gasteiger partial charge in [0, 0.05) is 19.0 Å². The molecule has 0 radical (unpaired) electrons. The largest absolute Gasteiger partial charge is 0.356 e. The maximum Gasteiger partial charge on any atom is 0.221 e. The molecule has 3 heteroatoms. The Morgan fingerprint density at radius 3 is 2.39 bits per heavy atom. The zero-order chi connectivity index (χ0) is 13.4. The van der Waals surface area contributed by atoms with Crippen LogP contribution in [-0.2, 0) is 4.79 Å². The molecule has 0 heterocycles. The van der Waals surface area contributed by atoms with Gasteiger partial charge in [-0.1, -0.05) is 57.0 Å². The summed E-state index contributed by atoms with van der Waals surface area (Å²) in [6, 6.07) is 9.53. The molecule has 1 amide bonds. The van der Waals surface area contributed by atoms with Gasteiger partial charge in [-0.3, -0.25) is 4.79 Å². The van der Waals surface area contributed by atoms with Crippen molar-refractivity contribution in [3.05, 3.63) is 35.9 Å². The van der Waals surface area contributed by atoms with Crippen molar-refractivity contribution >= 4 is 5.91 Å². The molecule has 1 atom stereocenters. The molecule has 1 aromatic carbocycles. The topological polar surface area (TPSA) is 55.1 Å². The van der Waals surface area contributed by atoms with Gasteiger partial charge in [0.2, 0.25) is 5.91 Å². The number of nitrogens with two attached hydrogens (primary N) is 1. The molecular formula is C15H24N2O. The Morgan fingerprint density at radius 2 is 1.83 bits per heavy atom. The first-order chi connectivity index (χ1) is 8.67. The molecule has 100 valence electrons. The minimum Gasteiger partial charge on any atom is -0.356 e. The third-order valence-corrected chi connectivity index (χ3v) is 3.38. The summed E-state index contributed by atoms with van der Waals surface area (Å²) in [5, 5.41) is 2.97. The van der Waals surface area contributed by atoms with Crippen molar-refractivity contribution in [3.8, 4) is 0 Å². The van der Waals surface area contributed by atoms with E-state index >= 15 is 0 Å². The summed E-state index contributed by atoms with van der Waals surface area (Å²) in [5.41, 5.74) is 7.02. The number of benzene rings is 1. The van der Waals surface area contributed by atoms with Crippen LogP contribution in [0.1, 0.15) is 44.7 Å². The lowest BCUT2D eigenvalue weighted by Crippen LogP contribution is -2.31. The predicted molar refractivity (Wildman–Crippen MR) is 75.1 cm³/mol. The minimum atomic E-state index is -0.215. The number of carbonyl (C=O) groups excluding carboxylic acids is 1. The fraction of sp³-hybridized carbons (Fsp3) is 0.533. The summed E-state index contributed by atoms with van der Waals surface area (Å²) in [4.78, 5) is 11.8. The molecule has 1 aromatic rings. The van der Waals surface area contributed by atoms with Crippen LogP contribution in [0.2, 0.25) is 0 Å². The second-order valence-corrected chi connectivity index (χ2v) is 4.71. The normalized spacial score (nSPS) is 12.4. The van der Waals surface area contributed by atoms with E-state index in [-0.39, 0.29) is 11.9 Å². The number of rotatable bonds is 7. The van der Waals surface area contributed by atoms with Gasteiger partial charge in [-0.2, -0.15) is 0 Å². The van der Waals surface area contributed by atoms with Gasteiger partial charge in [0.05, 0.1) is 0 Å². The molecule has 1 unspecified atom stereocenters. The molecule has 0 aliphatic carbocycles. The van der Waals surface area contributed by atoms with Crippen LogP contribution in [0, 0.1) is 5.92 Å². The number of carbonyl (C=O) groups is 1. The van der Waals surface area contributed by atoms with E-state index in [1.807, 2.05) is 30.3 Å². The van der Waals surface area contributed by atoms with Gasteiger partial charge in [-0.05, 0) is 11.5 Å². The van der Waals surface area contributed by atoms with E-state index in [2.05, 4.69) is 19.2 Å². The summed E-state index contributed by atoms with van der Waals surface area (Å²) in [7, 11) is 0. The number of nitrogens with one attached hydrogen (secondary N) is 1. The van der Waals surface area contributed by atoms with Gasteiger partial charge >= 0.3 is 0 Å². The molecule has 0 spiro atoms. The molecule has 3 N–H and O–H groups in total. The molecule has 0 saturated carbocycles. The van der Waals surface area contributed by atoms with Gasteiger partial charge < -0.3 is 11.1 Å². The van der Waals surface area contributed by atoms with E-state index in [0.717, 1.165) is 24.9 Å². The van der Waals surface area contributed by atoms with Crippen molar-refractivity contribution in [1.82, 2.24) is 5.32 Å². The van der Waals surface area contributed by atoms with Crippen molar-refractivity contribution in [2.75, 3.05) is 6.54 Å². The molecule has 0 aliphatic heterocycles. The fourth-order valence-corrected chi connectivity index (χ4v) is 1.93. The van der Waals surface area contributed by atoms with Crippen molar-refractivity contribution in [1.29, 1.82) is 0 Å². The van der Waals surface area contributed by atoms with E-state index in [9.17, 15) is 4.79 Å². The highest BCUT2D eigenvalue weighted by atomic mass is 16.1. The fourth-order valence-electron chi connectivity index (χ4n) is 1.93. The first-order valence-corrected chi connectivity index (χ1v) is 6.74. The highest BCUT2D eigenvalue weighted by Gasteiger charge is 2.12. The number of hydrogen-bond acceptors (Lipinski definition) is 2. The maximum absolute atomic E-state index is 11.8. The Morgan fingerprint density at radius 1 is 1.22 bits per heavy atom. The number of hydrogen-bond donors (Lipinski definition) is 2. The van der Waals surface area contributed by atoms with Crippen molar-refractivity contribution in [3.63, 3.8) is 0 Å². The smallest absolute Gasteiger partial charge is 0.221 e. The molecular weight excluding hydrogens is 224 g/mol. The molecule has 0 bridgehead atoms. The highest BCUT2D eigenvalue weighted by molar-refractivity contribution is 5.76. The van der Waals surface area contributed by atoms with Gasteiger partial charge in [0.25, 0.3) is 0 Å². The van der Waals surface area contributed by atoms with E-state index in [1.54, 1.807) is 0 Å². The predicted octanol–water partition coefficient (Wildman–Crippen LogP) is 2.63. The first kappa shape index (κ1) is 14.7. The summed E-state index contributed by atoms with van der Waals surface area (Å²) in [6.07, 6.45) is 2.55. The Kier molecular flexibility index (Phi) is 6.44. The summed E-state index contributed by atoms with van der Waals surface area (Å²) in [6.45, 7) is 5.05. The summed E-state index contributed by atoms with van der Waals surface area (Å²) >= 11 is 0. The lowest BCUT2D eigenvalue weighted by Gasteiger charge is -2.15. The second-order valence-electron chi connectivity index (χ2n) is 4.71. The van der Waals surface area contributed by atoms with Crippen LogP contribution in [0.4, 0.5) is 0 Å². The molecule has 3 nitrogen and oxygen atoms in total. The Hall–Kier alpha value is -1.35. The Balaban J connectivity index is 2.36. The van der Waals surface area contributed by atoms with Crippen LogP contribution >= 0.6 is 0 Å². The van der Waals surface area contributed by atoms with E-state index in [0.29, 0.717) is 12.3 Å². The third-order valence-electron chi connectivity index (χ3n) is 3.38. The van der Waals surface area contributed by atoms with Crippen LogP contribution in [0.3, 0.4) is 0 Å². The van der Waals surface area contributed by atoms with Crippen molar-refractivity contribution in [2.24, 2.45) is 11.7 Å². The maximum atomic E-state index is 11.8. The SMILES string of the molecule is CCC(CC)CNC(=O)CC(N)c1ccccc1. The number of amides is 1. The zero-order valence-electron chi connectivity index (χ0n) is 11.4. The van der Waals surface area contributed by atoms with Crippen molar-refractivity contribution < 1.29 is 4.79 Å². The monoisotopic (exact) mass is 248 g/mol.